The van der Waals surface area contributed by atoms with Crippen molar-refractivity contribution in [3.8, 4) is 0 Å². The Bertz CT molecular complexity index is 270. The molecule has 0 aliphatic carbocycles. The molecule has 0 aromatic rings. The van der Waals surface area contributed by atoms with Crippen LogP contribution >= 0.6 is 0 Å². The number of amides is 2. The van der Waals surface area contributed by atoms with Gasteiger partial charge in [-0.2, -0.15) is 0 Å². The van der Waals surface area contributed by atoms with E-state index < -0.39 is 12.1 Å². The standard InChI is InChI=1S/C10H20N4O3/c1-7(6-15)14-10(17)8(2)12-3-4-13-9(16)5-11/h6-8,12H,3-5,11H2,1-2H3,(H,13,16)(H,14,17)/t7-,8-/m0/s1. The number of hydrogen-bond donors (Lipinski definition) is 4. The summed E-state index contributed by atoms with van der Waals surface area (Å²) in [5.74, 6) is -0.492. The molecule has 98 valence electrons. The van der Waals surface area contributed by atoms with E-state index in [2.05, 4.69) is 16.0 Å². The summed E-state index contributed by atoms with van der Waals surface area (Å²) in [6.07, 6.45) is 0.659. The van der Waals surface area contributed by atoms with Crippen LogP contribution in [0.1, 0.15) is 13.8 Å². The molecule has 2 atom stereocenters. The summed E-state index contributed by atoms with van der Waals surface area (Å²) in [7, 11) is 0. The first-order valence-electron chi connectivity index (χ1n) is 5.47. The molecule has 2 amide bonds. The van der Waals surface area contributed by atoms with Crippen molar-refractivity contribution in [2.75, 3.05) is 19.6 Å². The van der Waals surface area contributed by atoms with Gasteiger partial charge in [0, 0.05) is 13.1 Å². The Hall–Kier alpha value is -1.47. The molecule has 0 saturated heterocycles. The van der Waals surface area contributed by atoms with Crippen molar-refractivity contribution in [3.63, 3.8) is 0 Å². The first kappa shape index (κ1) is 15.5. The SMILES string of the molecule is C[C@H](NCCNC(=O)CN)C(=O)N[C@@H](C)C=O. The van der Waals surface area contributed by atoms with Crippen molar-refractivity contribution < 1.29 is 14.4 Å². The fourth-order valence-corrected chi connectivity index (χ4v) is 1.04. The summed E-state index contributed by atoms with van der Waals surface area (Å²) in [6, 6.07) is -0.920. The number of aldehydes is 1. The van der Waals surface area contributed by atoms with Crippen LogP contribution in [-0.4, -0.2) is 49.8 Å². The van der Waals surface area contributed by atoms with E-state index in [1.807, 2.05) is 0 Å². The molecule has 7 heteroatoms. The Kier molecular flexibility index (Phi) is 7.91. The van der Waals surface area contributed by atoms with Gasteiger partial charge in [0.15, 0.2) is 0 Å². The van der Waals surface area contributed by atoms with Crippen molar-refractivity contribution in [2.24, 2.45) is 5.73 Å². The molecule has 0 aliphatic heterocycles. The first-order valence-corrected chi connectivity index (χ1v) is 5.47. The molecule has 0 saturated carbocycles. The maximum Gasteiger partial charge on any atom is 0.237 e. The van der Waals surface area contributed by atoms with Gasteiger partial charge in [0.1, 0.15) is 6.29 Å². The second kappa shape index (κ2) is 8.66. The van der Waals surface area contributed by atoms with Crippen molar-refractivity contribution >= 4 is 18.1 Å². The first-order chi connectivity index (χ1) is 8.01. The molecule has 0 heterocycles. The number of rotatable bonds is 8. The molecule has 7 nitrogen and oxygen atoms in total. The van der Waals surface area contributed by atoms with E-state index in [-0.39, 0.29) is 18.4 Å². The van der Waals surface area contributed by atoms with E-state index in [4.69, 9.17) is 5.73 Å². The Morgan fingerprint density at radius 2 is 1.94 bits per heavy atom. The van der Waals surface area contributed by atoms with Crippen molar-refractivity contribution in [3.05, 3.63) is 0 Å². The van der Waals surface area contributed by atoms with E-state index in [0.717, 1.165) is 0 Å². The van der Waals surface area contributed by atoms with Gasteiger partial charge in [-0.1, -0.05) is 0 Å². The second-order valence-electron chi connectivity index (χ2n) is 3.66. The molecular weight excluding hydrogens is 224 g/mol. The van der Waals surface area contributed by atoms with E-state index in [1.54, 1.807) is 13.8 Å². The normalized spacial score (nSPS) is 13.6. The lowest BCUT2D eigenvalue weighted by Gasteiger charge is -2.15. The topological polar surface area (TPSA) is 113 Å². The van der Waals surface area contributed by atoms with Gasteiger partial charge in [-0.15, -0.1) is 0 Å². The summed E-state index contributed by atoms with van der Waals surface area (Å²) >= 11 is 0. The number of nitrogens with two attached hydrogens (primary N) is 1. The summed E-state index contributed by atoms with van der Waals surface area (Å²) in [4.78, 5) is 32.6. The Morgan fingerprint density at radius 3 is 2.47 bits per heavy atom. The van der Waals surface area contributed by atoms with Crippen LogP contribution in [0, 0.1) is 0 Å². The van der Waals surface area contributed by atoms with Gasteiger partial charge in [-0.3, -0.25) is 9.59 Å². The highest BCUT2D eigenvalue weighted by molar-refractivity contribution is 5.83. The number of nitrogens with one attached hydrogen (secondary N) is 3. The minimum Gasteiger partial charge on any atom is -0.354 e. The largest absolute Gasteiger partial charge is 0.354 e. The monoisotopic (exact) mass is 244 g/mol. The lowest BCUT2D eigenvalue weighted by Crippen LogP contribution is -2.47. The smallest absolute Gasteiger partial charge is 0.237 e. The zero-order valence-electron chi connectivity index (χ0n) is 10.2. The molecule has 17 heavy (non-hydrogen) atoms. The molecular formula is C10H20N4O3. The predicted octanol–water partition coefficient (Wildman–Crippen LogP) is -2.26. The molecule has 0 radical (unpaired) electrons. The predicted molar refractivity (Wildman–Crippen MR) is 63.2 cm³/mol. The zero-order valence-corrected chi connectivity index (χ0v) is 10.2. The van der Waals surface area contributed by atoms with Crippen LogP contribution in [0.5, 0.6) is 0 Å². The van der Waals surface area contributed by atoms with Crippen LogP contribution in [-0.2, 0) is 14.4 Å². The van der Waals surface area contributed by atoms with Gasteiger partial charge in [0.25, 0.3) is 0 Å². The molecule has 5 N–H and O–H groups in total. The maximum absolute atomic E-state index is 11.5. The third-order valence-corrected chi connectivity index (χ3v) is 2.05. The fourth-order valence-electron chi connectivity index (χ4n) is 1.04. The molecule has 0 spiro atoms. The quantitative estimate of drug-likeness (QED) is 0.284. The Balaban J connectivity index is 3.71. The number of hydrogen-bond acceptors (Lipinski definition) is 5. The molecule has 0 rings (SSSR count). The minimum absolute atomic E-state index is 0.0487. The molecule has 0 aromatic carbocycles. The summed E-state index contributed by atoms with van der Waals surface area (Å²) in [5, 5.41) is 7.99. The molecule has 0 aliphatic rings. The van der Waals surface area contributed by atoms with Crippen molar-refractivity contribution in [1.29, 1.82) is 0 Å². The van der Waals surface area contributed by atoms with Gasteiger partial charge in [0.2, 0.25) is 11.8 Å². The van der Waals surface area contributed by atoms with Gasteiger partial charge >= 0.3 is 0 Å². The zero-order chi connectivity index (χ0) is 13.3. The number of carbonyl (C=O) groups excluding carboxylic acids is 3. The van der Waals surface area contributed by atoms with Crippen LogP contribution in [0.25, 0.3) is 0 Å². The molecule has 0 fully saturated rings. The summed E-state index contributed by atoms with van der Waals surface area (Å²) in [6.45, 7) is 4.08. The third kappa shape index (κ3) is 7.42. The van der Waals surface area contributed by atoms with Crippen LogP contribution in [0.3, 0.4) is 0 Å². The van der Waals surface area contributed by atoms with Crippen molar-refractivity contribution in [1.82, 2.24) is 16.0 Å². The van der Waals surface area contributed by atoms with Gasteiger partial charge in [0.05, 0.1) is 18.6 Å². The third-order valence-electron chi connectivity index (χ3n) is 2.05. The highest BCUT2D eigenvalue weighted by Gasteiger charge is 2.13. The van der Waals surface area contributed by atoms with Crippen LogP contribution < -0.4 is 21.7 Å². The highest BCUT2D eigenvalue weighted by atomic mass is 16.2. The second-order valence-corrected chi connectivity index (χ2v) is 3.66. The van der Waals surface area contributed by atoms with Crippen LogP contribution in [0.2, 0.25) is 0 Å². The maximum atomic E-state index is 11.5. The van der Waals surface area contributed by atoms with Crippen LogP contribution in [0.15, 0.2) is 0 Å². The van der Waals surface area contributed by atoms with Crippen LogP contribution in [0.4, 0.5) is 0 Å². The van der Waals surface area contributed by atoms with E-state index in [9.17, 15) is 14.4 Å². The molecule has 0 bridgehead atoms. The molecule has 0 unspecified atom stereocenters. The summed E-state index contributed by atoms with van der Waals surface area (Å²) < 4.78 is 0. The average Bonchev–Trinajstić information content (AvgIpc) is 2.33. The van der Waals surface area contributed by atoms with Gasteiger partial charge < -0.3 is 26.5 Å². The van der Waals surface area contributed by atoms with E-state index in [1.165, 1.54) is 0 Å². The van der Waals surface area contributed by atoms with E-state index in [0.29, 0.717) is 19.4 Å². The Labute approximate surface area is 100 Å². The lowest BCUT2D eigenvalue weighted by atomic mass is 10.3. The lowest BCUT2D eigenvalue weighted by molar-refractivity contribution is -0.125. The van der Waals surface area contributed by atoms with Crippen molar-refractivity contribution in [2.45, 2.75) is 25.9 Å². The average molecular weight is 244 g/mol. The van der Waals surface area contributed by atoms with E-state index >= 15 is 0 Å². The summed E-state index contributed by atoms with van der Waals surface area (Å²) in [5.41, 5.74) is 5.10. The van der Waals surface area contributed by atoms with Gasteiger partial charge in [-0.25, -0.2) is 0 Å². The molecule has 0 aromatic heterocycles. The minimum atomic E-state index is -0.497. The Morgan fingerprint density at radius 1 is 1.29 bits per heavy atom. The van der Waals surface area contributed by atoms with Gasteiger partial charge in [-0.05, 0) is 13.8 Å². The number of carbonyl (C=O) groups is 3. The fraction of sp³-hybridized carbons (Fsp3) is 0.700. The highest BCUT2D eigenvalue weighted by Crippen LogP contribution is 1.83.